The molecule has 1 rings (SSSR count). The van der Waals surface area contributed by atoms with Crippen molar-refractivity contribution in [1.29, 1.82) is 0 Å². The summed E-state index contributed by atoms with van der Waals surface area (Å²) in [5.74, 6) is 0.362. The van der Waals surface area contributed by atoms with Gasteiger partial charge in [0.2, 0.25) is 10.0 Å². The molecule has 0 saturated carbocycles. The third-order valence-corrected chi connectivity index (χ3v) is 4.64. The molecule has 11 heteroatoms. The molecule has 0 radical (unpaired) electrons. The maximum absolute atomic E-state index is 12.1. The van der Waals surface area contributed by atoms with Crippen molar-refractivity contribution in [3.63, 3.8) is 0 Å². The van der Waals surface area contributed by atoms with Gasteiger partial charge >= 0.3 is 6.09 Å². The molecular formula is C18H32IN5O4S. The highest BCUT2D eigenvalue weighted by atomic mass is 127. The number of nitrogens with zero attached hydrogens (tertiary/aromatic N) is 1. The first-order chi connectivity index (χ1) is 13.1. The number of hydrogen-bond donors (Lipinski definition) is 4. The van der Waals surface area contributed by atoms with E-state index in [0.29, 0.717) is 19.0 Å². The molecular weight excluding hydrogens is 509 g/mol. The van der Waals surface area contributed by atoms with E-state index in [1.807, 2.05) is 30.3 Å². The van der Waals surface area contributed by atoms with E-state index >= 15 is 0 Å². The largest absolute Gasteiger partial charge is 0.444 e. The number of rotatable bonds is 9. The van der Waals surface area contributed by atoms with Crippen LogP contribution in [0.15, 0.2) is 35.3 Å². The van der Waals surface area contributed by atoms with Crippen molar-refractivity contribution in [2.45, 2.75) is 32.9 Å². The molecule has 0 heterocycles. The van der Waals surface area contributed by atoms with Gasteiger partial charge in [-0.1, -0.05) is 30.3 Å². The normalized spacial score (nSPS) is 11.9. The molecule has 1 aromatic carbocycles. The number of halogens is 1. The van der Waals surface area contributed by atoms with Crippen LogP contribution in [-0.2, 0) is 21.3 Å². The molecule has 0 aliphatic heterocycles. The number of alkyl carbamates (subject to hydrolysis) is 1. The number of carbonyl (C=O) groups is 1. The first kappa shape index (κ1) is 27.4. The molecule has 1 amide bonds. The standard InChI is InChI=1S/C18H31N5O4S.HI/c1-18(2,3)27-17(24)22-11-10-20-16(19-4)21-12-13-28(25,26)23-14-15-8-6-5-7-9-15;/h5-9,23H,10-14H2,1-4H3,(H,22,24)(H2,19,20,21);1H. The van der Waals surface area contributed by atoms with Gasteiger partial charge in [-0.3, -0.25) is 4.99 Å². The molecule has 0 bridgehead atoms. The van der Waals surface area contributed by atoms with Gasteiger partial charge in [-0.2, -0.15) is 0 Å². The number of nitrogens with one attached hydrogen (secondary N) is 4. The van der Waals surface area contributed by atoms with E-state index < -0.39 is 21.7 Å². The fourth-order valence-electron chi connectivity index (χ4n) is 2.05. The molecule has 0 unspecified atom stereocenters. The lowest BCUT2D eigenvalue weighted by atomic mass is 10.2. The fourth-order valence-corrected chi connectivity index (χ4v) is 2.95. The second kappa shape index (κ2) is 13.6. The van der Waals surface area contributed by atoms with Crippen molar-refractivity contribution in [3.05, 3.63) is 35.9 Å². The number of carbonyl (C=O) groups excluding carboxylic acids is 1. The van der Waals surface area contributed by atoms with E-state index in [1.165, 1.54) is 0 Å². The van der Waals surface area contributed by atoms with E-state index in [1.54, 1.807) is 27.8 Å². The van der Waals surface area contributed by atoms with E-state index in [9.17, 15) is 13.2 Å². The zero-order valence-corrected chi connectivity index (χ0v) is 20.5. The van der Waals surface area contributed by atoms with Crippen molar-refractivity contribution in [1.82, 2.24) is 20.7 Å². The zero-order valence-electron chi connectivity index (χ0n) is 17.3. The number of sulfonamides is 1. The van der Waals surface area contributed by atoms with Crippen LogP contribution in [0.4, 0.5) is 4.79 Å². The molecule has 9 nitrogen and oxygen atoms in total. The number of guanidine groups is 1. The molecule has 0 fully saturated rings. The lowest BCUT2D eigenvalue weighted by Gasteiger charge is -2.19. The SMILES string of the molecule is CN=C(NCCNC(=O)OC(C)(C)C)NCCS(=O)(=O)NCc1ccccc1.I. The first-order valence-electron chi connectivity index (χ1n) is 9.04. The number of hydrogen-bond acceptors (Lipinski definition) is 5. The summed E-state index contributed by atoms with van der Waals surface area (Å²) in [4.78, 5) is 15.6. The van der Waals surface area contributed by atoms with Gasteiger partial charge in [0, 0.05) is 33.2 Å². The summed E-state index contributed by atoms with van der Waals surface area (Å²) in [6.07, 6.45) is -0.493. The Morgan fingerprint density at radius 2 is 1.62 bits per heavy atom. The molecule has 0 aliphatic rings. The highest BCUT2D eigenvalue weighted by Gasteiger charge is 2.15. The Balaban J connectivity index is 0.00000784. The van der Waals surface area contributed by atoms with E-state index in [0.717, 1.165) is 5.56 Å². The van der Waals surface area contributed by atoms with Gasteiger partial charge in [0.1, 0.15) is 5.60 Å². The van der Waals surface area contributed by atoms with Crippen molar-refractivity contribution < 1.29 is 17.9 Å². The van der Waals surface area contributed by atoms with Crippen molar-refractivity contribution >= 4 is 46.1 Å². The van der Waals surface area contributed by atoms with Crippen LogP contribution in [0.1, 0.15) is 26.3 Å². The van der Waals surface area contributed by atoms with Crippen LogP contribution in [0.25, 0.3) is 0 Å². The van der Waals surface area contributed by atoms with Gasteiger partial charge in [0.05, 0.1) is 5.75 Å². The minimum absolute atomic E-state index is 0. The monoisotopic (exact) mass is 541 g/mol. The summed E-state index contributed by atoms with van der Waals surface area (Å²) in [6.45, 7) is 6.58. The lowest BCUT2D eigenvalue weighted by Crippen LogP contribution is -2.44. The summed E-state index contributed by atoms with van der Waals surface area (Å²) < 4.78 is 31.8. The van der Waals surface area contributed by atoms with Crippen LogP contribution in [0.5, 0.6) is 0 Å². The van der Waals surface area contributed by atoms with Crippen LogP contribution >= 0.6 is 24.0 Å². The van der Waals surface area contributed by atoms with Crippen molar-refractivity contribution in [2.75, 3.05) is 32.4 Å². The Kier molecular flexibility index (Phi) is 12.8. The molecule has 0 saturated heterocycles. The maximum Gasteiger partial charge on any atom is 0.407 e. The van der Waals surface area contributed by atoms with Crippen LogP contribution in [0.2, 0.25) is 0 Å². The molecule has 0 spiro atoms. The number of ether oxygens (including phenoxy) is 1. The molecule has 0 atom stereocenters. The molecule has 4 N–H and O–H groups in total. The third kappa shape index (κ3) is 14.1. The Labute approximate surface area is 190 Å². The van der Waals surface area contributed by atoms with Gasteiger partial charge < -0.3 is 20.7 Å². The molecule has 166 valence electrons. The molecule has 29 heavy (non-hydrogen) atoms. The van der Waals surface area contributed by atoms with Crippen LogP contribution in [-0.4, -0.2) is 58.5 Å². The summed E-state index contributed by atoms with van der Waals surface area (Å²) >= 11 is 0. The summed E-state index contributed by atoms with van der Waals surface area (Å²) in [6, 6.07) is 9.32. The van der Waals surface area contributed by atoms with Crippen LogP contribution in [0, 0.1) is 0 Å². The highest BCUT2D eigenvalue weighted by molar-refractivity contribution is 14.0. The van der Waals surface area contributed by atoms with Gasteiger partial charge in [-0.15, -0.1) is 24.0 Å². The lowest BCUT2D eigenvalue weighted by molar-refractivity contribution is 0.0529. The average Bonchev–Trinajstić information content (AvgIpc) is 2.61. The van der Waals surface area contributed by atoms with Gasteiger partial charge in [0.15, 0.2) is 5.96 Å². The maximum atomic E-state index is 12.1. The third-order valence-electron chi connectivity index (χ3n) is 3.31. The highest BCUT2D eigenvalue weighted by Crippen LogP contribution is 2.05. The first-order valence-corrected chi connectivity index (χ1v) is 10.7. The number of benzene rings is 1. The van der Waals surface area contributed by atoms with E-state index in [-0.39, 0.29) is 42.8 Å². The Hall–Kier alpha value is -1.60. The molecule has 1 aromatic rings. The summed E-state index contributed by atoms with van der Waals surface area (Å²) in [7, 11) is -1.82. The topological polar surface area (TPSA) is 121 Å². The van der Waals surface area contributed by atoms with Crippen LogP contribution < -0.4 is 20.7 Å². The quantitative estimate of drug-likeness (QED) is 0.163. The number of amides is 1. The summed E-state index contributed by atoms with van der Waals surface area (Å²) in [5, 5.41) is 8.53. The second-order valence-corrected chi connectivity index (χ2v) is 8.91. The summed E-state index contributed by atoms with van der Waals surface area (Å²) in [5.41, 5.74) is 0.351. The minimum atomic E-state index is -3.41. The van der Waals surface area contributed by atoms with Gasteiger partial charge in [0.25, 0.3) is 0 Å². The van der Waals surface area contributed by atoms with Crippen LogP contribution in [0.3, 0.4) is 0 Å². The van der Waals surface area contributed by atoms with Crippen molar-refractivity contribution in [2.24, 2.45) is 4.99 Å². The number of aliphatic imine (C=N–C) groups is 1. The molecule has 0 aliphatic carbocycles. The fraction of sp³-hybridized carbons (Fsp3) is 0.556. The van der Waals surface area contributed by atoms with E-state index in [4.69, 9.17) is 4.74 Å². The predicted molar refractivity (Wildman–Crippen MR) is 126 cm³/mol. The average molecular weight is 541 g/mol. The Bertz CT molecular complexity index is 736. The second-order valence-electron chi connectivity index (χ2n) is 6.98. The van der Waals surface area contributed by atoms with E-state index in [2.05, 4.69) is 25.7 Å². The Morgan fingerprint density at radius 1 is 1.03 bits per heavy atom. The Morgan fingerprint density at radius 3 is 2.21 bits per heavy atom. The zero-order chi connectivity index (χ0) is 21.0. The van der Waals surface area contributed by atoms with Gasteiger partial charge in [-0.05, 0) is 26.3 Å². The smallest absolute Gasteiger partial charge is 0.407 e. The van der Waals surface area contributed by atoms with Crippen molar-refractivity contribution in [3.8, 4) is 0 Å². The van der Waals surface area contributed by atoms with Gasteiger partial charge in [-0.25, -0.2) is 17.9 Å². The predicted octanol–water partition coefficient (Wildman–Crippen LogP) is 1.41. The molecule has 0 aromatic heterocycles. The minimum Gasteiger partial charge on any atom is -0.444 e.